The van der Waals surface area contributed by atoms with Gasteiger partial charge in [0.2, 0.25) is 0 Å². The number of benzene rings is 1. The molecule has 132 valence electrons. The van der Waals surface area contributed by atoms with E-state index in [-0.39, 0.29) is 12.2 Å². The monoisotopic (exact) mass is 335 g/mol. The minimum absolute atomic E-state index is 0.128. The Morgan fingerprint density at radius 1 is 1.29 bits per heavy atom. The van der Waals surface area contributed by atoms with Crippen LogP contribution in [0.4, 0.5) is 8.78 Å². The molecule has 1 aliphatic rings. The number of aromatic nitrogens is 1. The molecule has 24 heavy (non-hydrogen) atoms. The smallest absolute Gasteiger partial charge is 0.150 e. The van der Waals surface area contributed by atoms with Crippen LogP contribution in [0.2, 0.25) is 0 Å². The molecule has 0 radical (unpaired) electrons. The molecule has 0 fully saturated rings. The van der Waals surface area contributed by atoms with Gasteiger partial charge in [0.05, 0.1) is 11.7 Å². The summed E-state index contributed by atoms with van der Waals surface area (Å²) in [6.45, 7) is 7.47. The number of rotatable bonds is 6. The van der Waals surface area contributed by atoms with E-state index in [1.807, 2.05) is 0 Å². The predicted molar refractivity (Wildman–Crippen MR) is 93.9 cm³/mol. The van der Waals surface area contributed by atoms with Crippen molar-refractivity contribution in [3.8, 4) is 0 Å². The summed E-state index contributed by atoms with van der Waals surface area (Å²) < 4.78 is 27.9. The van der Waals surface area contributed by atoms with E-state index in [0.29, 0.717) is 16.8 Å². The van der Waals surface area contributed by atoms with Gasteiger partial charge in [-0.1, -0.05) is 27.2 Å². The van der Waals surface area contributed by atoms with Crippen LogP contribution in [0, 0.1) is 17.6 Å². The van der Waals surface area contributed by atoms with Gasteiger partial charge in [0.1, 0.15) is 11.6 Å². The first-order valence-corrected chi connectivity index (χ1v) is 8.98. The largest absolute Gasteiger partial charge is 0.354 e. The quantitative estimate of drug-likeness (QED) is 0.685. The zero-order chi connectivity index (χ0) is 17.3. The van der Waals surface area contributed by atoms with Crippen molar-refractivity contribution in [3.05, 3.63) is 35.0 Å². The van der Waals surface area contributed by atoms with Gasteiger partial charge < -0.3 is 10.3 Å². The molecule has 3 N–H and O–H groups in total. The molecule has 2 atom stereocenters. The summed E-state index contributed by atoms with van der Waals surface area (Å²) in [4.78, 5) is 3.22. The molecule has 5 heteroatoms. The number of hydrogen-bond acceptors (Lipinski definition) is 2. The third-order valence-electron chi connectivity index (χ3n) is 4.75. The van der Waals surface area contributed by atoms with E-state index in [9.17, 15) is 8.78 Å². The maximum atomic E-state index is 14.2. The van der Waals surface area contributed by atoms with Gasteiger partial charge in [0, 0.05) is 29.6 Å². The molecule has 1 aromatic heterocycles. The summed E-state index contributed by atoms with van der Waals surface area (Å²) in [5.74, 6) is -0.521. The molecular weight excluding hydrogens is 308 g/mol. The van der Waals surface area contributed by atoms with E-state index in [0.717, 1.165) is 49.6 Å². The minimum Gasteiger partial charge on any atom is -0.354 e. The van der Waals surface area contributed by atoms with E-state index < -0.39 is 11.6 Å². The summed E-state index contributed by atoms with van der Waals surface area (Å²) in [6, 6.07) is 2.53. The fourth-order valence-corrected chi connectivity index (χ4v) is 3.64. The molecule has 3 rings (SSSR count). The van der Waals surface area contributed by atoms with Crippen LogP contribution >= 0.6 is 0 Å². The van der Waals surface area contributed by atoms with Crippen molar-refractivity contribution in [1.82, 2.24) is 15.6 Å². The van der Waals surface area contributed by atoms with Gasteiger partial charge in [-0.2, -0.15) is 0 Å². The second kappa shape index (κ2) is 7.19. The first-order valence-electron chi connectivity index (χ1n) is 8.98. The van der Waals surface area contributed by atoms with Crippen LogP contribution in [-0.4, -0.2) is 17.7 Å². The number of halogens is 2. The number of hydrogen-bond donors (Lipinski definition) is 3. The highest BCUT2D eigenvalue weighted by molar-refractivity contribution is 5.85. The van der Waals surface area contributed by atoms with Crippen molar-refractivity contribution in [2.24, 2.45) is 5.92 Å². The van der Waals surface area contributed by atoms with Crippen molar-refractivity contribution in [3.63, 3.8) is 0 Å². The average Bonchev–Trinajstić information content (AvgIpc) is 2.87. The molecule has 0 amide bonds. The van der Waals surface area contributed by atoms with Gasteiger partial charge in [-0.3, -0.25) is 5.32 Å². The molecule has 3 nitrogen and oxygen atoms in total. The Bertz CT molecular complexity index is 708. The van der Waals surface area contributed by atoms with E-state index in [1.165, 1.54) is 6.07 Å². The van der Waals surface area contributed by atoms with E-state index in [2.05, 4.69) is 36.4 Å². The van der Waals surface area contributed by atoms with Crippen molar-refractivity contribution in [2.45, 2.75) is 58.7 Å². The second-order valence-electron chi connectivity index (χ2n) is 7.24. The van der Waals surface area contributed by atoms with Crippen molar-refractivity contribution in [1.29, 1.82) is 0 Å². The first-order chi connectivity index (χ1) is 11.5. The molecule has 2 aromatic rings. The summed E-state index contributed by atoms with van der Waals surface area (Å²) in [7, 11) is 0. The molecule has 0 spiro atoms. The van der Waals surface area contributed by atoms with Crippen LogP contribution in [0.3, 0.4) is 0 Å². The number of aromatic amines is 1. The lowest BCUT2D eigenvalue weighted by Crippen LogP contribution is -2.49. The third-order valence-corrected chi connectivity index (χ3v) is 4.75. The van der Waals surface area contributed by atoms with Crippen molar-refractivity contribution < 1.29 is 8.78 Å². The summed E-state index contributed by atoms with van der Waals surface area (Å²) in [5.41, 5.74) is 2.48. The zero-order valence-electron chi connectivity index (χ0n) is 14.7. The van der Waals surface area contributed by atoms with Crippen LogP contribution in [0.5, 0.6) is 0 Å². The standard InChI is InChI=1S/C19H27F2N3/c1-4-5-6-22-17-10-14-13-8-12(20)9-15(21)18(13)24-19(14)16(23-17)7-11(2)3/h8-9,11,16-17,22-24H,4-7,10H2,1-3H3/t16-,17+/m0/s1. The number of nitrogens with one attached hydrogen (secondary N) is 3. The maximum Gasteiger partial charge on any atom is 0.150 e. The predicted octanol–water partition coefficient (Wildman–Crippen LogP) is 4.39. The van der Waals surface area contributed by atoms with Gasteiger partial charge in [0.25, 0.3) is 0 Å². The molecule has 0 unspecified atom stereocenters. The fourth-order valence-electron chi connectivity index (χ4n) is 3.64. The molecular formula is C19H27F2N3. The average molecular weight is 335 g/mol. The number of unbranched alkanes of at least 4 members (excludes halogenated alkanes) is 1. The molecule has 0 saturated carbocycles. The number of H-pyrrole nitrogens is 1. The Morgan fingerprint density at radius 3 is 2.79 bits per heavy atom. The summed E-state index contributed by atoms with van der Waals surface area (Å²) in [6.07, 6.45) is 4.09. The van der Waals surface area contributed by atoms with E-state index in [4.69, 9.17) is 0 Å². The highest BCUT2D eigenvalue weighted by atomic mass is 19.1. The van der Waals surface area contributed by atoms with Crippen LogP contribution < -0.4 is 10.6 Å². The second-order valence-corrected chi connectivity index (χ2v) is 7.24. The third kappa shape index (κ3) is 3.47. The SMILES string of the molecule is CCCCN[C@H]1Cc2c([nH]c3c(F)cc(F)cc23)[C@H](CC(C)C)N1. The Labute approximate surface area is 142 Å². The molecule has 0 aliphatic carbocycles. The van der Waals surface area contributed by atoms with Crippen molar-refractivity contribution >= 4 is 10.9 Å². The Morgan fingerprint density at radius 2 is 2.08 bits per heavy atom. The lowest BCUT2D eigenvalue weighted by atomic mass is 9.92. The van der Waals surface area contributed by atoms with Gasteiger partial charge in [0.15, 0.2) is 0 Å². The van der Waals surface area contributed by atoms with Crippen LogP contribution in [0.15, 0.2) is 12.1 Å². The highest BCUT2D eigenvalue weighted by Gasteiger charge is 2.30. The van der Waals surface area contributed by atoms with E-state index in [1.54, 1.807) is 0 Å². The topological polar surface area (TPSA) is 39.9 Å². The Balaban J connectivity index is 1.98. The molecule has 1 aromatic carbocycles. The lowest BCUT2D eigenvalue weighted by Gasteiger charge is -2.33. The van der Waals surface area contributed by atoms with Gasteiger partial charge in [-0.25, -0.2) is 8.78 Å². The van der Waals surface area contributed by atoms with E-state index >= 15 is 0 Å². The lowest BCUT2D eigenvalue weighted by molar-refractivity contribution is 0.311. The normalized spacial score (nSPS) is 20.8. The summed E-state index contributed by atoms with van der Waals surface area (Å²) >= 11 is 0. The molecule has 2 heterocycles. The van der Waals surface area contributed by atoms with Crippen LogP contribution in [0.25, 0.3) is 10.9 Å². The number of fused-ring (bicyclic) bond motifs is 3. The Hall–Kier alpha value is -1.46. The van der Waals surface area contributed by atoms with Gasteiger partial charge in [-0.15, -0.1) is 0 Å². The highest BCUT2D eigenvalue weighted by Crippen LogP contribution is 2.35. The zero-order valence-corrected chi connectivity index (χ0v) is 14.7. The van der Waals surface area contributed by atoms with Crippen LogP contribution in [0.1, 0.15) is 57.3 Å². The summed E-state index contributed by atoms with van der Waals surface area (Å²) in [5, 5.41) is 7.85. The molecule has 0 saturated heterocycles. The first kappa shape index (κ1) is 17.4. The van der Waals surface area contributed by atoms with Crippen molar-refractivity contribution in [2.75, 3.05) is 6.54 Å². The molecule has 0 bridgehead atoms. The Kier molecular flexibility index (Phi) is 5.21. The molecule has 1 aliphatic heterocycles. The van der Waals surface area contributed by atoms with Gasteiger partial charge >= 0.3 is 0 Å². The van der Waals surface area contributed by atoms with Gasteiger partial charge in [-0.05, 0) is 36.9 Å². The van der Waals surface area contributed by atoms with Crippen LogP contribution in [-0.2, 0) is 6.42 Å². The fraction of sp³-hybridized carbons (Fsp3) is 0.579. The maximum absolute atomic E-state index is 14.2. The minimum atomic E-state index is -0.517.